The molecule has 0 spiro atoms. The molecule has 1 N–H and O–H groups in total. The molecular weight excluding hydrogens is 235 g/mol. The maximum atomic E-state index is 13.8. The second kappa shape index (κ2) is 6.35. The average molecular weight is 254 g/mol. The summed E-state index contributed by atoms with van der Waals surface area (Å²) in [4.78, 5) is 14.8. The lowest BCUT2D eigenvalue weighted by Gasteiger charge is -2.26. The van der Waals surface area contributed by atoms with E-state index in [2.05, 4.69) is 0 Å². The zero-order chi connectivity index (χ0) is 13.7. The van der Waals surface area contributed by atoms with Crippen LogP contribution in [0.4, 0.5) is 10.1 Å². The molecule has 0 aliphatic heterocycles. The highest BCUT2D eigenvalue weighted by Crippen LogP contribution is 2.24. The minimum atomic E-state index is -0.421. The molecule has 1 rings (SSSR count). The quantitative estimate of drug-likeness (QED) is 0.859. The molecule has 0 atom stereocenters. The van der Waals surface area contributed by atoms with Crippen LogP contribution in [0.3, 0.4) is 0 Å². The van der Waals surface area contributed by atoms with E-state index in [1.165, 1.54) is 11.0 Å². The number of hydrogen-bond acceptors (Lipinski definition) is 3. The molecule has 1 aromatic carbocycles. The number of likely N-dealkylation sites (N-methyl/N-ethyl adjacent to an activating group) is 2. The normalized spacial score (nSPS) is 10.3. The third-order valence-electron chi connectivity index (χ3n) is 2.76. The first-order valence-electron chi connectivity index (χ1n) is 5.84. The predicted molar refractivity (Wildman–Crippen MR) is 68.9 cm³/mol. The SMILES string of the molecule is CCN(CC(=O)N(C)C)c1c(F)cccc1CO. The maximum Gasteiger partial charge on any atom is 0.241 e. The Balaban J connectivity index is 3.05. The summed E-state index contributed by atoms with van der Waals surface area (Å²) in [6.07, 6.45) is 0. The van der Waals surface area contributed by atoms with Crippen LogP contribution in [-0.4, -0.2) is 43.1 Å². The Kier molecular flexibility index (Phi) is 5.09. The number of anilines is 1. The highest BCUT2D eigenvalue weighted by atomic mass is 19.1. The van der Waals surface area contributed by atoms with E-state index >= 15 is 0 Å². The number of carbonyl (C=O) groups is 1. The zero-order valence-electron chi connectivity index (χ0n) is 11.0. The maximum absolute atomic E-state index is 13.8. The Labute approximate surface area is 107 Å². The van der Waals surface area contributed by atoms with Gasteiger partial charge in [-0.2, -0.15) is 0 Å². The van der Waals surface area contributed by atoms with E-state index in [0.29, 0.717) is 17.8 Å². The van der Waals surface area contributed by atoms with Crippen LogP contribution >= 0.6 is 0 Å². The minimum Gasteiger partial charge on any atom is -0.392 e. The van der Waals surface area contributed by atoms with Crippen molar-refractivity contribution in [2.24, 2.45) is 0 Å². The van der Waals surface area contributed by atoms with Crippen molar-refractivity contribution in [3.8, 4) is 0 Å². The number of aliphatic hydroxyl groups excluding tert-OH is 1. The molecule has 1 amide bonds. The number of amides is 1. The summed E-state index contributed by atoms with van der Waals surface area (Å²) >= 11 is 0. The summed E-state index contributed by atoms with van der Waals surface area (Å²) in [5.41, 5.74) is 0.793. The third-order valence-corrected chi connectivity index (χ3v) is 2.76. The monoisotopic (exact) mass is 254 g/mol. The van der Waals surface area contributed by atoms with Crippen molar-refractivity contribution in [3.63, 3.8) is 0 Å². The van der Waals surface area contributed by atoms with Crippen molar-refractivity contribution in [1.82, 2.24) is 4.90 Å². The number of hydrogen-bond donors (Lipinski definition) is 1. The summed E-state index contributed by atoms with van der Waals surface area (Å²) in [5, 5.41) is 9.24. The molecule has 100 valence electrons. The number of aliphatic hydroxyl groups is 1. The Hall–Kier alpha value is -1.62. The van der Waals surface area contributed by atoms with Crippen LogP contribution in [0.1, 0.15) is 12.5 Å². The summed E-state index contributed by atoms with van der Waals surface area (Å²) in [6.45, 7) is 2.18. The molecule has 0 aliphatic rings. The van der Waals surface area contributed by atoms with E-state index in [0.717, 1.165) is 0 Å². The minimum absolute atomic E-state index is 0.0947. The van der Waals surface area contributed by atoms with Crippen LogP contribution in [0, 0.1) is 5.82 Å². The van der Waals surface area contributed by atoms with Crippen molar-refractivity contribution < 1.29 is 14.3 Å². The molecule has 0 aromatic heterocycles. The highest BCUT2D eigenvalue weighted by molar-refractivity contribution is 5.81. The van der Waals surface area contributed by atoms with Gasteiger partial charge in [0.15, 0.2) is 0 Å². The fraction of sp³-hybridized carbons (Fsp3) is 0.462. The number of nitrogens with zero attached hydrogens (tertiary/aromatic N) is 2. The lowest BCUT2D eigenvalue weighted by atomic mass is 10.1. The molecule has 5 heteroatoms. The number of halogens is 1. The van der Waals surface area contributed by atoms with Crippen molar-refractivity contribution in [3.05, 3.63) is 29.6 Å². The Morgan fingerprint density at radius 1 is 1.39 bits per heavy atom. The molecule has 0 aliphatic carbocycles. The first-order chi connectivity index (χ1) is 8.51. The summed E-state index contributed by atoms with van der Waals surface area (Å²) in [7, 11) is 3.31. The van der Waals surface area contributed by atoms with Gasteiger partial charge in [-0.05, 0) is 13.0 Å². The smallest absolute Gasteiger partial charge is 0.241 e. The molecule has 1 aromatic rings. The molecule has 0 saturated carbocycles. The standard InChI is InChI=1S/C13H19FN2O2/c1-4-16(8-12(18)15(2)3)13-10(9-17)6-5-7-11(13)14/h5-7,17H,4,8-9H2,1-3H3. The van der Waals surface area contributed by atoms with Crippen LogP contribution < -0.4 is 4.90 Å². The average Bonchev–Trinajstić information content (AvgIpc) is 2.35. The number of rotatable bonds is 5. The van der Waals surface area contributed by atoms with Gasteiger partial charge in [0.1, 0.15) is 5.82 Å². The Morgan fingerprint density at radius 2 is 2.06 bits per heavy atom. The summed E-state index contributed by atoms with van der Waals surface area (Å²) in [5.74, 6) is -0.529. The zero-order valence-corrected chi connectivity index (χ0v) is 11.0. The van der Waals surface area contributed by atoms with Gasteiger partial charge in [-0.15, -0.1) is 0 Å². The van der Waals surface area contributed by atoms with E-state index in [1.807, 2.05) is 6.92 Å². The topological polar surface area (TPSA) is 43.8 Å². The van der Waals surface area contributed by atoms with E-state index in [1.54, 1.807) is 31.1 Å². The third kappa shape index (κ3) is 3.20. The number of para-hydroxylation sites is 1. The largest absolute Gasteiger partial charge is 0.392 e. The molecule has 0 unspecified atom stereocenters. The van der Waals surface area contributed by atoms with Gasteiger partial charge in [0.2, 0.25) is 5.91 Å². The molecule has 0 saturated heterocycles. The predicted octanol–water partition coefficient (Wildman–Crippen LogP) is 1.23. The first kappa shape index (κ1) is 14.4. The highest BCUT2D eigenvalue weighted by Gasteiger charge is 2.17. The van der Waals surface area contributed by atoms with Crippen LogP contribution in [0.2, 0.25) is 0 Å². The molecule has 18 heavy (non-hydrogen) atoms. The van der Waals surface area contributed by atoms with Gasteiger partial charge in [0.05, 0.1) is 18.8 Å². The van der Waals surface area contributed by atoms with E-state index in [4.69, 9.17) is 0 Å². The van der Waals surface area contributed by atoms with Gasteiger partial charge in [0, 0.05) is 26.2 Å². The lowest BCUT2D eigenvalue weighted by molar-refractivity contribution is -0.127. The van der Waals surface area contributed by atoms with Crippen molar-refractivity contribution >= 4 is 11.6 Å². The Bertz CT molecular complexity index is 421. The first-order valence-corrected chi connectivity index (χ1v) is 5.84. The van der Waals surface area contributed by atoms with E-state index in [9.17, 15) is 14.3 Å². The fourth-order valence-electron chi connectivity index (χ4n) is 1.70. The second-order valence-electron chi connectivity index (χ2n) is 4.21. The Morgan fingerprint density at radius 3 is 2.56 bits per heavy atom. The summed E-state index contributed by atoms with van der Waals surface area (Å²) in [6, 6.07) is 4.53. The van der Waals surface area contributed by atoms with Crippen LogP contribution in [0.5, 0.6) is 0 Å². The van der Waals surface area contributed by atoms with Crippen LogP contribution in [0.15, 0.2) is 18.2 Å². The van der Waals surface area contributed by atoms with Gasteiger partial charge >= 0.3 is 0 Å². The summed E-state index contributed by atoms with van der Waals surface area (Å²) < 4.78 is 13.8. The molecule has 4 nitrogen and oxygen atoms in total. The molecular formula is C13H19FN2O2. The van der Waals surface area contributed by atoms with Crippen molar-refractivity contribution in [2.45, 2.75) is 13.5 Å². The number of benzene rings is 1. The lowest BCUT2D eigenvalue weighted by Crippen LogP contribution is -2.37. The van der Waals surface area contributed by atoms with Gasteiger partial charge in [-0.3, -0.25) is 4.79 Å². The molecule has 0 radical (unpaired) electrons. The molecule has 0 bridgehead atoms. The van der Waals surface area contributed by atoms with Crippen LogP contribution in [0.25, 0.3) is 0 Å². The van der Waals surface area contributed by atoms with Gasteiger partial charge in [-0.1, -0.05) is 12.1 Å². The van der Waals surface area contributed by atoms with Gasteiger partial charge < -0.3 is 14.9 Å². The van der Waals surface area contributed by atoms with Gasteiger partial charge in [0.25, 0.3) is 0 Å². The van der Waals surface area contributed by atoms with E-state index in [-0.39, 0.29) is 19.1 Å². The van der Waals surface area contributed by atoms with Crippen molar-refractivity contribution in [1.29, 1.82) is 0 Å². The fourth-order valence-corrected chi connectivity index (χ4v) is 1.70. The van der Waals surface area contributed by atoms with E-state index < -0.39 is 5.82 Å². The number of carbonyl (C=O) groups excluding carboxylic acids is 1. The second-order valence-corrected chi connectivity index (χ2v) is 4.21. The van der Waals surface area contributed by atoms with Gasteiger partial charge in [-0.25, -0.2) is 4.39 Å². The molecule has 0 fully saturated rings. The molecule has 0 heterocycles. The van der Waals surface area contributed by atoms with Crippen LogP contribution in [-0.2, 0) is 11.4 Å². The van der Waals surface area contributed by atoms with Crippen molar-refractivity contribution in [2.75, 3.05) is 32.1 Å².